The molecule has 2 N–H and O–H groups in total. The van der Waals surface area contributed by atoms with E-state index >= 15 is 0 Å². The van der Waals surface area contributed by atoms with Crippen molar-refractivity contribution >= 4 is 70.1 Å². The van der Waals surface area contributed by atoms with Gasteiger partial charge < -0.3 is 19.0 Å². The molecule has 0 radical (unpaired) electrons. The van der Waals surface area contributed by atoms with Gasteiger partial charge in [-0.15, -0.1) is 0 Å². The van der Waals surface area contributed by atoms with Crippen LogP contribution in [0.2, 0.25) is 10.0 Å². The summed E-state index contributed by atoms with van der Waals surface area (Å²) in [6, 6.07) is 12.2. The lowest BCUT2D eigenvalue weighted by atomic mass is 10.1. The van der Waals surface area contributed by atoms with E-state index in [-0.39, 0.29) is 28.1 Å². The summed E-state index contributed by atoms with van der Waals surface area (Å²) in [5, 5.41) is 11.9. The molecule has 0 aliphatic carbocycles. The van der Waals surface area contributed by atoms with E-state index in [0.717, 1.165) is 4.90 Å². The lowest BCUT2D eigenvalue weighted by Crippen LogP contribution is -2.54. The smallest absolute Gasteiger partial charge is 0.371 e. The minimum atomic E-state index is -1.18. The van der Waals surface area contributed by atoms with Gasteiger partial charge in [0.2, 0.25) is 5.76 Å². The van der Waals surface area contributed by atoms with Crippen LogP contribution >= 0.6 is 35.4 Å². The van der Waals surface area contributed by atoms with Crippen molar-refractivity contribution in [1.82, 2.24) is 5.32 Å². The molecule has 1 aliphatic rings. The zero-order chi connectivity index (χ0) is 26.7. The number of furan rings is 1. The Hall–Kier alpha value is -3.86. The first kappa shape index (κ1) is 26.2. The molecule has 12 heteroatoms. The maximum absolute atomic E-state index is 13.3. The minimum absolute atomic E-state index is 0.0370. The molecule has 1 saturated heterocycles. The SMILES string of the molecule is CCOc1cc(C=C2C(=O)NC(=S)N(c3ccc(Cl)c(Cl)c3)C2=O)ccc1OCc1ccc(C(=O)O)o1. The van der Waals surface area contributed by atoms with Gasteiger partial charge in [0.15, 0.2) is 16.6 Å². The summed E-state index contributed by atoms with van der Waals surface area (Å²) in [6.45, 7) is 2.07. The number of carboxylic acids is 1. The van der Waals surface area contributed by atoms with Gasteiger partial charge >= 0.3 is 5.97 Å². The third-order valence-corrected chi connectivity index (χ3v) is 6.11. The molecule has 190 valence electrons. The molecule has 0 atom stereocenters. The van der Waals surface area contributed by atoms with Gasteiger partial charge in [0, 0.05) is 0 Å². The van der Waals surface area contributed by atoms with Gasteiger partial charge in [-0.1, -0.05) is 29.3 Å². The Morgan fingerprint density at radius 2 is 1.86 bits per heavy atom. The standard InChI is InChI=1S/C25H18Cl2N2O7S/c1-2-34-21-10-13(3-7-19(21)35-12-15-5-8-20(36-15)24(32)33)9-16-22(30)28-25(37)29(23(16)31)14-4-6-17(26)18(27)11-14/h3-11H,2,12H2,1H3,(H,32,33)(H,28,30,37). The molecule has 37 heavy (non-hydrogen) atoms. The number of carbonyl (C=O) groups excluding carboxylic acids is 2. The van der Waals surface area contributed by atoms with Crippen LogP contribution in [-0.4, -0.2) is 34.6 Å². The van der Waals surface area contributed by atoms with Crippen molar-refractivity contribution in [1.29, 1.82) is 0 Å². The first-order valence-electron chi connectivity index (χ1n) is 10.8. The molecule has 0 unspecified atom stereocenters. The van der Waals surface area contributed by atoms with Crippen molar-refractivity contribution in [2.75, 3.05) is 11.5 Å². The maximum atomic E-state index is 13.3. The Balaban J connectivity index is 1.60. The number of anilines is 1. The molecule has 0 saturated carbocycles. The van der Waals surface area contributed by atoms with E-state index < -0.39 is 17.8 Å². The second-order valence-corrected chi connectivity index (χ2v) is 8.76. The van der Waals surface area contributed by atoms with Gasteiger partial charge in [-0.05, 0) is 73.2 Å². The van der Waals surface area contributed by atoms with E-state index in [9.17, 15) is 14.4 Å². The molecule has 0 spiro atoms. The van der Waals surface area contributed by atoms with Crippen LogP contribution in [0.4, 0.5) is 5.69 Å². The Kier molecular flexibility index (Phi) is 7.82. The van der Waals surface area contributed by atoms with Crippen LogP contribution in [0, 0.1) is 0 Å². The Morgan fingerprint density at radius 3 is 2.54 bits per heavy atom. The summed E-state index contributed by atoms with van der Waals surface area (Å²) >= 11 is 17.3. The molecule has 9 nitrogen and oxygen atoms in total. The van der Waals surface area contributed by atoms with E-state index in [4.69, 9.17) is 54.4 Å². The number of halogens is 2. The number of aromatic carboxylic acids is 1. The molecule has 3 aromatic rings. The monoisotopic (exact) mass is 560 g/mol. The highest BCUT2D eigenvalue weighted by atomic mass is 35.5. The highest BCUT2D eigenvalue weighted by Crippen LogP contribution is 2.32. The Labute approximate surface area is 226 Å². The number of rotatable bonds is 8. The van der Waals surface area contributed by atoms with Crippen molar-refractivity contribution < 1.29 is 33.4 Å². The van der Waals surface area contributed by atoms with E-state index in [2.05, 4.69) is 5.32 Å². The topological polar surface area (TPSA) is 118 Å². The average molecular weight is 561 g/mol. The zero-order valence-corrected chi connectivity index (χ0v) is 21.4. The fourth-order valence-electron chi connectivity index (χ4n) is 3.40. The summed E-state index contributed by atoms with van der Waals surface area (Å²) in [5.41, 5.74) is 0.674. The van der Waals surface area contributed by atoms with Crippen molar-refractivity contribution in [2.45, 2.75) is 13.5 Å². The average Bonchev–Trinajstić information content (AvgIpc) is 3.33. The minimum Gasteiger partial charge on any atom is -0.490 e. The number of hydrogen-bond donors (Lipinski definition) is 2. The highest BCUT2D eigenvalue weighted by Gasteiger charge is 2.34. The predicted octanol–water partition coefficient (Wildman–Crippen LogP) is 5.09. The molecule has 2 aromatic carbocycles. The predicted molar refractivity (Wildman–Crippen MR) is 140 cm³/mol. The molecular weight excluding hydrogens is 543 g/mol. The summed E-state index contributed by atoms with van der Waals surface area (Å²) in [7, 11) is 0. The maximum Gasteiger partial charge on any atom is 0.371 e. The third-order valence-electron chi connectivity index (χ3n) is 5.08. The van der Waals surface area contributed by atoms with Crippen LogP contribution < -0.4 is 19.7 Å². The normalized spacial score (nSPS) is 14.6. The molecule has 1 aliphatic heterocycles. The van der Waals surface area contributed by atoms with E-state index in [1.807, 2.05) is 0 Å². The number of hydrogen-bond acceptors (Lipinski definition) is 7. The molecule has 4 rings (SSSR count). The van der Waals surface area contributed by atoms with Gasteiger partial charge in [0.05, 0.1) is 22.3 Å². The van der Waals surface area contributed by atoms with E-state index in [1.54, 1.807) is 31.2 Å². The number of nitrogens with zero attached hydrogens (tertiary/aromatic N) is 1. The lowest BCUT2D eigenvalue weighted by molar-refractivity contribution is -0.122. The molecule has 2 heterocycles. The number of nitrogens with one attached hydrogen (secondary N) is 1. The van der Waals surface area contributed by atoms with Crippen LogP contribution in [0.1, 0.15) is 28.8 Å². The van der Waals surface area contributed by atoms with Gasteiger partial charge in [0.1, 0.15) is 17.9 Å². The fourth-order valence-corrected chi connectivity index (χ4v) is 3.98. The lowest BCUT2D eigenvalue weighted by Gasteiger charge is -2.29. The van der Waals surface area contributed by atoms with Crippen molar-refractivity contribution in [3.63, 3.8) is 0 Å². The van der Waals surface area contributed by atoms with Gasteiger partial charge in [-0.2, -0.15) is 0 Å². The second-order valence-electron chi connectivity index (χ2n) is 7.56. The van der Waals surface area contributed by atoms with Crippen LogP contribution in [0.5, 0.6) is 11.5 Å². The summed E-state index contributed by atoms with van der Waals surface area (Å²) in [4.78, 5) is 38.0. The second kappa shape index (κ2) is 11.0. The first-order valence-corrected chi connectivity index (χ1v) is 11.9. The number of benzene rings is 2. The zero-order valence-electron chi connectivity index (χ0n) is 19.1. The molecular formula is C25H18Cl2N2O7S. The number of carboxylic acid groups (broad SMARTS) is 1. The van der Waals surface area contributed by atoms with Crippen LogP contribution in [0.3, 0.4) is 0 Å². The third kappa shape index (κ3) is 5.77. The van der Waals surface area contributed by atoms with Gasteiger partial charge in [-0.25, -0.2) is 4.79 Å². The van der Waals surface area contributed by atoms with Crippen molar-refractivity contribution in [3.05, 3.63) is 81.2 Å². The highest BCUT2D eigenvalue weighted by molar-refractivity contribution is 7.80. The molecule has 1 fully saturated rings. The number of thiocarbonyl (C=S) groups is 1. The number of amides is 2. The van der Waals surface area contributed by atoms with Crippen LogP contribution in [0.15, 0.2) is 58.5 Å². The molecule has 0 bridgehead atoms. The van der Waals surface area contributed by atoms with Crippen molar-refractivity contribution in [3.8, 4) is 11.5 Å². The Morgan fingerprint density at radius 1 is 1.08 bits per heavy atom. The quantitative estimate of drug-likeness (QED) is 0.222. The molecule has 2 amide bonds. The van der Waals surface area contributed by atoms with Crippen LogP contribution in [-0.2, 0) is 16.2 Å². The number of ether oxygens (including phenoxy) is 2. The Bertz CT molecular complexity index is 1450. The summed E-state index contributed by atoms with van der Waals surface area (Å²) < 4.78 is 16.6. The van der Waals surface area contributed by atoms with Crippen molar-refractivity contribution in [2.24, 2.45) is 0 Å². The first-order chi connectivity index (χ1) is 17.7. The fraction of sp³-hybridized carbons (Fsp3) is 0.120. The van der Waals surface area contributed by atoms with E-state index in [0.29, 0.717) is 40.1 Å². The largest absolute Gasteiger partial charge is 0.490 e. The van der Waals surface area contributed by atoms with Gasteiger partial charge in [0.25, 0.3) is 11.8 Å². The van der Waals surface area contributed by atoms with Gasteiger partial charge in [-0.3, -0.25) is 19.8 Å². The summed E-state index contributed by atoms with van der Waals surface area (Å²) in [5.74, 6) is -1.66. The van der Waals surface area contributed by atoms with Crippen LogP contribution in [0.25, 0.3) is 6.08 Å². The summed E-state index contributed by atoms with van der Waals surface area (Å²) in [6.07, 6.45) is 1.40. The number of carbonyl (C=O) groups is 3. The molecule has 1 aromatic heterocycles. The van der Waals surface area contributed by atoms with E-state index in [1.165, 1.54) is 30.3 Å².